The standard InChI is InChI=1S/C9H21NO2/c1-7(8(2)11)10-9(3,4)6-12-5/h7-8,10-11H,6H2,1-5H3. The molecule has 3 nitrogen and oxygen atoms in total. The van der Waals surface area contributed by atoms with Crippen molar-refractivity contribution in [1.29, 1.82) is 0 Å². The molecule has 0 aromatic rings. The third-order valence-corrected chi connectivity index (χ3v) is 1.85. The lowest BCUT2D eigenvalue weighted by atomic mass is 10.0. The molecule has 0 fully saturated rings. The number of aliphatic hydroxyl groups excluding tert-OH is 1. The van der Waals surface area contributed by atoms with E-state index in [4.69, 9.17) is 4.74 Å². The van der Waals surface area contributed by atoms with Crippen LogP contribution in [-0.2, 0) is 4.74 Å². The first-order valence-corrected chi connectivity index (χ1v) is 4.34. The van der Waals surface area contributed by atoms with Crippen molar-refractivity contribution in [2.45, 2.75) is 45.4 Å². The first-order chi connectivity index (χ1) is 5.39. The van der Waals surface area contributed by atoms with Crippen LogP contribution in [0.3, 0.4) is 0 Å². The van der Waals surface area contributed by atoms with Gasteiger partial charge in [-0.2, -0.15) is 0 Å². The number of nitrogens with one attached hydrogen (secondary N) is 1. The molecule has 2 atom stereocenters. The van der Waals surface area contributed by atoms with Gasteiger partial charge in [-0.15, -0.1) is 0 Å². The van der Waals surface area contributed by atoms with Gasteiger partial charge >= 0.3 is 0 Å². The highest BCUT2D eigenvalue weighted by Gasteiger charge is 2.21. The largest absolute Gasteiger partial charge is 0.392 e. The summed E-state index contributed by atoms with van der Waals surface area (Å²) in [7, 11) is 1.68. The molecule has 0 radical (unpaired) electrons. The van der Waals surface area contributed by atoms with E-state index in [2.05, 4.69) is 19.2 Å². The van der Waals surface area contributed by atoms with Gasteiger partial charge in [0.25, 0.3) is 0 Å². The summed E-state index contributed by atoms with van der Waals surface area (Å²) in [6, 6.07) is 0.0927. The van der Waals surface area contributed by atoms with Crippen LogP contribution in [0.5, 0.6) is 0 Å². The van der Waals surface area contributed by atoms with E-state index < -0.39 is 0 Å². The zero-order valence-electron chi connectivity index (χ0n) is 8.72. The minimum absolute atomic E-state index is 0.0782. The van der Waals surface area contributed by atoms with Gasteiger partial charge in [-0.3, -0.25) is 0 Å². The highest BCUT2D eigenvalue weighted by Crippen LogP contribution is 2.05. The number of ether oxygens (including phenoxy) is 1. The smallest absolute Gasteiger partial charge is 0.0662 e. The molecule has 0 aliphatic carbocycles. The van der Waals surface area contributed by atoms with Crippen molar-refractivity contribution < 1.29 is 9.84 Å². The first kappa shape index (κ1) is 11.9. The zero-order valence-corrected chi connectivity index (χ0v) is 8.72. The second-order valence-corrected chi connectivity index (χ2v) is 3.99. The number of hydrogen-bond acceptors (Lipinski definition) is 3. The summed E-state index contributed by atoms with van der Waals surface area (Å²) in [6.45, 7) is 8.48. The maximum atomic E-state index is 9.25. The Morgan fingerprint density at radius 2 is 1.92 bits per heavy atom. The molecule has 0 aliphatic heterocycles. The Bertz CT molecular complexity index is 124. The third-order valence-electron chi connectivity index (χ3n) is 1.85. The van der Waals surface area contributed by atoms with Crippen molar-refractivity contribution in [2.75, 3.05) is 13.7 Å². The van der Waals surface area contributed by atoms with E-state index in [9.17, 15) is 5.11 Å². The number of aliphatic hydroxyl groups is 1. The average Bonchev–Trinajstić information content (AvgIpc) is 1.85. The van der Waals surface area contributed by atoms with Gasteiger partial charge < -0.3 is 15.2 Å². The Morgan fingerprint density at radius 1 is 1.42 bits per heavy atom. The molecule has 0 saturated heterocycles. The molecular formula is C9H21NO2. The monoisotopic (exact) mass is 175 g/mol. The van der Waals surface area contributed by atoms with Crippen LogP contribution in [0.1, 0.15) is 27.7 Å². The molecular weight excluding hydrogens is 154 g/mol. The van der Waals surface area contributed by atoms with E-state index in [1.54, 1.807) is 14.0 Å². The van der Waals surface area contributed by atoms with Crippen LogP contribution in [0.2, 0.25) is 0 Å². The summed E-state index contributed by atoms with van der Waals surface area (Å²) in [5.41, 5.74) is -0.0782. The van der Waals surface area contributed by atoms with Crippen LogP contribution in [-0.4, -0.2) is 36.5 Å². The van der Waals surface area contributed by atoms with Crippen LogP contribution in [0.15, 0.2) is 0 Å². The second kappa shape index (κ2) is 4.80. The van der Waals surface area contributed by atoms with Crippen molar-refractivity contribution >= 4 is 0 Å². The molecule has 2 unspecified atom stereocenters. The molecule has 0 amide bonds. The molecule has 0 aliphatic rings. The molecule has 0 heterocycles. The Labute approximate surface area is 75.1 Å². The number of methoxy groups -OCH3 is 1. The Hall–Kier alpha value is -0.120. The van der Waals surface area contributed by atoms with Gasteiger partial charge in [0.05, 0.1) is 12.7 Å². The van der Waals surface area contributed by atoms with E-state index in [-0.39, 0.29) is 17.7 Å². The van der Waals surface area contributed by atoms with Crippen LogP contribution in [0.25, 0.3) is 0 Å². The van der Waals surface area contributed by atoms with Gasteiger partial charge in [-0.25, -0.2) is 0 Å². The molecule has 0 bridgehead atoms. The second-order valence-electron chi connectivity index (χ2n) is 3.99. The maximum absolute atomic E-state index is 9.25. The molecule has 74 valence electrons. The summed E-state index contributed by atoms with van der Waals surface area (Å²) < 4.78 is 5.04. The van der Waals surface area contributed by atoms with Crippen molar-refractivity contribution in [3.8, 4) is 0 Å². The first-order valence-electron chi connectivity index (χ1n) is 4.34. The fourth-order valence-corrected chi connectivity index (χ4v) is 1.14. The van der Waals surface area contributed by atoms with Gasteiger partial charge in [-0.1, -0.05) is 0 Å². The van der Waals surface area contributed by atoms with E-state index in [0.29, 0.717) is 6.61 Å². The molecule has 0 aromatic carbocycles. The number of rotatable bonds is 5. The van der Waals surface area contributed by atoms with Crippen molar-refractivity contribution in [2.24, 2.45) is 0 Å². The quantitative estimate of drug-likeness (QED) is 0.648. The molecule has 12 heavy (non-hydrogen) atoms. The van der Waals surface area contributed by atoms with Gasteiger partial charge in [0, 0.05) is 18.7 Å². The van der Waals surface area contributed by atoms with Crippen molar-refractivity contribution in [1.82, 2.24) is 5.32 Å². The maximum Gasteiger partial charge on any atom is 0.0662 e. The number of hydrogen-bond donors (Lipinski definition) is 2. The van der Waals surface area contributed by atoms with Crippen molar-refractivity contribution in [3.63, 3.8) is 0 Å². The summed E-state index contributed by atoms with van der Waals surface area (Å²) in [6.07, 6.45) is -0.332. The summed E-state index contributed by atoms with van der Waals surface area (Å²) in [5, 5.41) is 12.5. The normalized spacial score (nSPS) is 17.5. The fourth-order valence-electron chi connectivity index (χ4n) is 1.14. The van der Waals surface area contributed by atoms with Crippen molar-refractivity contribution in [3.05, 3.63) is 0 Å². The highest BCUT2D eigenvalue weighted by molar-refractivity contribution is 4.82. The predicted octanol–water partition coefficient (Wildman–Crippen LogP) is 0.770. The van der Waals surface area contributed by atoms with Crippen LogP contribution in [0.4, 0.5) is 0 Å². The van der Waals surface area contributed by atoms with Crippen LogP contribution >= 0.6 is 0 Å². The van der Waals surface area contributed by atoms with E-state index in [1.165, 1.54) is 0 Å². The fraction of sp³-hybridized carbons (Fsp3) is 1.00. The molecule has 3 heteroatoms. The summed E-state index contributed by atoms with van der Waals surface area (Å²) in [5.74, 6) is 0. The van der Waals surface area contributed by atoms with Gasteiger partial charge in [0.1, 0.15) is 0 Å². The lowest BCUT2D eigenvalue weighted by Gasteiger charge is -2.30. The predicted molar refractivity (Wildman–Crippen MR) is 50.2 cm³/mol. The van der Waals surface area contributed by atoms with Gasteiger partial charge in [0.15, 0.2) is 0 Å². The van der Waals surface area contributed by atoms with Crippen LogP contribution < -0.4 is 5.32 Å². The molecule has 0 rings (SSSR count). The average molecular weight is 175 g/mol. The van der Waals surface area contributed by atoms with E-state index in [0.717, 1.165) is 0 Å². The molecule has 0 aromatic heterocycles. The molecule has 0 saturated carbocycles. The molecule has 0 spiro atoms. The Kier molecular flexibility index (Phi) is 4.75. The Morgan fingerprint density at radius 3 is 2.25 bits per heavy atom. The van der Waals surface area contributed by atoms with Gasteiger partial charge in [0.2, 0.25) is 0 Å². The lowest BCUT2D eigenvalue weighted by molar-refractivity contribution is 0.0894. The lowest BCUT2D eigenvalue weighted by Crippen LogP contribution is -2.51. The van der Waals surface area contributed by atoms with E-state index in [1.807, 2.05) is 6.92 Å². The minimum atomic E-state index is -0.332. The molecule has 2 N–H and O–H groups in total. The summed E-state index contributed by atoms with van der Waals surface area (Å²) in [4.78, 5) is 0. The Balaban J connectivity index is 3.87. The minimum Gasteiger partial charge on any atom is -0.392 e. The van der Waals surface area contributed by atoms with E-state index >= 15 is 0 Å². The zero-order chi connectivity index (χ0) is 9.78. The highest BCUT2D eigenvalue weighted by atomic mass is 16.5. The van der Waals surface area contributed by atoms with Gasteiger partial charge in [-0.05, 0) is 27.7 Å². The van der Waals surface area contributed by atoms with Crippen LogP contribution in [0, 0.1) is 0 Å². The third kappa shape index (κ3) is 4.70. The topological polar surface area (TPSA) is 41.5 Å². The summed E-state index contributed by atoms with van der Waals surface area (Å²) >= 11 is 0. The SMILES string of the molecule is COCC(C)(C)NC(C)C(C)O.